The largest absolute Gasteiger partial charge is 0.467 e. The fraction of sp³-hybridized carbons (Fsp3) is 0.682. The van der Waals surface area contributed by atoms with Gasteiger partial charge in [0.15, 0.2) is 6.61 Å². The number of carbonyl (C=O) groups excluding carboxylic acids is 1. The van der Waals surface area contributed by atoms with E-state index in [4.69, 9.17) is 9.72 Å². The fourth-order valence-corrected chi connectivity index (χ4v) is 4.96. The summed E-state index contributed by atoms with van der Waals surface area (Å²) in [5.74, 6) is 0.891. The molecule has 0 unspecified atom stereocenters. The van der Waals surface area contributed by atoms with Crippen LogP contribution < -0.4 is 4.74 Å². The van der Waals surface area contributed by atoms with Gasteiger partial charge in [-0.3, -0.25) is 4.79 Å². The van der Waals surface area contributed by atoms with Gasteiger partial charge in [-0.2, -0.15) is 5.26 Å². The highest BCUT2D eigenvalue weighted by atomic mass is 16.5. The second kappa shape index (κ2) is 8.29. The minimum atomic E-state index is -0.00935. The third-order valence-corrected chi connectivity index (χ3v) is 6.41. The molecule has 0 radical (unpaired) electrons. The van der Waals surface area contributed by atoms with Crippen LogP contribution in [-0.4, -0.2) is 35.5 Å². The lowest BCUT2D eigenvalue weighted by Gasteiger charge is -2.27. The molecule has 1 saturated heterocycles. The molecule has 4 rings (SSSR count). The molecule has 144 valence electrons. The molecule has 0 bridgehead atoms. The van der Waals surface area contributed by atoms with Gasteiger partial charge in [-0.05, 0) is 62.5 Å². The van der Waals surface area contributed by atoms with Crippen molar-refractivity contribution in [1.29, 1.82) is 5.26 Å². The van der Waals surface area contributed by atoms with Crippen LogP contribution in [0, 0.1) is 11.3 Å². The van der Waals surface area contributed by atoms with E-state index in [1.165, 1.54) is 44.1 Å². The molecule has 5 nitrogen and oxygen atoms in total. The van der Waals surface area contributed by atoms with Crippen LogP contribution in [0.15, 0.2) is 0 Å². The van der Waals surface area contributed by atoms with Crippen molar-refractivity contribution in [3.63, 3.8) is 0 Å². The predicted octanol–water partition coefficient (Wildman–Crippen LogP) is 3.88. The van der Waals surface area contributed by atoms with Gasteiger partial charge in [0.25, 0.3) is 5.91 Å². The highest BCUT2D eigenvalue weighted by Gasteiger charge is 2.29. The summed E-state index contributed by atoms with van der Waals surface area (Å²) >= 11 is 0. The van der Waals surface area contributed by atoms with Gasteiger partial charge < -0.3 is 9.64 Å². The van der Waals surface area contributed by atoms with Gasteiger partial charge in [-0.25, -0.2) is 4.98 Å². The van der Waals surface area contributed by atoms with E-state index in [9.17, 15) is 10.1 Å². The molecule has 1 aromatic heterocycles. The first-order valence-corrected chi connectivity index (χ1v) is 10.6. The average Bonchev–Trinajstić information content (AvgIpc) is 3.22. The predicted molar refractivity (Wildman–Crippen MR) is 103 cm³/mol. The monoisotopic (exact) mass is 367 g/mol. The van der Waals surface area contributed by atoms with Crippen molar-refractivity contribution in [3.8, 4) is 11.9 Å². The van der Waals surface area contributed by atoms with Crippen molar-refractivity contribution in [3.05, 3.63) is 22.4 Å². The smallest absolute Gasteiger partial charge is 0.260 e. The topological polar surface area (TPSA) is 66.2 Å². The van der Waals surface area contributed by atoms with Gasteiger partial charge >= 0.3 is 0 Å². The van der Waals surface area contributed by atoms with E-state index < -0.39 is 0 Å². The molecule has 5 heteroatoms. The summed E-state index contributed by atoms with van der Waals surface area (Å²) < 4.78 is 5.87. The van der Waals surface area contributed by atoms with E-state index in [0.717, 1.165) is 56.5 Å². The summed E-state index contributed by atoms with van der Waals surface area (Å²) in [7, 11) is 0. The van der Waals surface area contributed by atoms with E-state index in [2.05, 4.69) is 6.07 Å². The molecule has 2 fully saturated rings. The number of likely N-dealkylation sites (tertiary alicyclic amines) is 1. The Labute approximate surface area is 161 Å². The van der Waals surface area contributed by atoms with Crippen LogP contribution in [0.3, 0.4) is 0 Å². The average molecular weight is 367 g/mol. The Kier molecular flexibility index (Phi) is 5.61. The number of aromatic nitrogens is 1. The second-order valence-corrected chi connectivity index (χ2v) is 8.16. The molecular formula is C22H29N3O2. The van der Waals surface area contributed by atoms with Gasteiger partial charge in [-0.1, -0.05) is 19.3 Å². The summed E-state index contributed by atoms with van der Waals surface area (Å²) in [5, 5.41) is 9.73. The third kappa shape index (κ3) is 3.81. The number of pyridine rings is 1. The molecule has 1 saturated carbocycles. The Morgan fingerprint density at radius 3 is 2.48 bits per heavy atom. The Bertz CT molecular complexity index is 741. The number of fused-ring (bicyclic) bond motifs is 1. The lowest BCUT2D eigenvalue weighted by molar-refractivity contribution is -0.134. The highest BCUT2D eigenvalue weighted by molar-refractivity contribution is 5.78. The number of rotatable bonds is 4. The standard InChI is InChI=1S/C22H29N3O2/c23-14-19-17-10-7-11-18(17)21(16-8-3-1-4-9-16)24-22(19)27-15-20(26)25-12-5-2-6-13-25/h16H,1-13,15H2. The van der Waals surface area contributed by atoms with Gasteiger partial charge in [0.2, 0.25) is 5.88 Å². The summed E-state index contributed by atoms with van der Waals surface area (Å²) in [5.41, 5.74) is 4.15. The molecule has 3 aliphatic rings. The molecular weight excluding hydrogens is 338 g/mol. The summed E-state index contributed by atoms with van der Waals surface area (Å²) in [6.07, 6.45) is 12.5. The van der Waals surface area contributed by atoms with Crippen molar-refractivity contribution in [1.82, 2.24) is 9.88 Å². The minimum Gasteiger partial charge on any atom is -0.467 e. The molecule has 0 spiro atoms. The normalized spacial score (nSPS) is 20.2. The van der Waals surface area contributed by atoms with Crippen LogP contribution >= 0.6 is 0 Å². The second-order valence-electron chi connectivity index (χ2n) is 8.16. The zero-order valence-electron chi connectivity index (χ0n) is 16.1. The number of amides is 1. The molecule has 0 atom stereocenters. The van der Waals surface area contributed by atoms with E-state index in [1.54, 1.807) is 0 Å². The number of carbonyl (C=O) groups is 1. The molecule has 2 aliphatic carbocycles. The molecule has 1 amide bonds. The van der Waals surface area contributed by atoms with Crippen LogP contribution in [-0.2, 0) is 17.6 Å². The summed E-state index contributed by atoms with van der Waals surface area (Å²) in [6, 6.07) is 2.32. The first-order valence-electron chi connectivity index (χ1n) is 10.6. The van der Waals surface area contributed by atoms with Crippen LogP contribution in [0.5, 0.6) is 5.88 Å². The Morgan fingerprint density at radius 2 is 1.74 bits per heavy atom. The van der Waals surface area contributed by atoms with Crippen molar-refractivity contribution in [2.24, 2.45) is 0 Å². The molecule has 0 aromatic carbocycles. The van der Waals surface area contributed by atoms with Gasteiger partial charge in [0.1, 0.15) is 11.6 Å². The molecule has 1 aromatic rings. The third-order valence-electron chi connectivity index (χ3n) is 6.41. The molecule has 27 heavy (non-hydrogen) atoms. The summed E-state index contributed by atoms with van der Waals surface area (Å²) in [4.78, 5) is 19.2. The number of hydrogen-bond donors (Lipinski definition) is 0. The molecule has 1 aliphatic heterocycles. The van der Waals surface area contributed by atoms with Crippen LogP contribution in [0.1, 0.15) is 86.1 Å². The number of ether oxygens (including phenoxy) is 1. The first kappa shape index (κ1) is 18.3. The Balaban J connectivity index is 1.57. The minimum absolute atomic E-state index is 0.00935. The SMILES string of the molecule is N#Cc1c(OCC(=O)N2CCCCC2)nc(C2CCCCC2)c2c1CCC2. The fourth-order valence-electron chi connectivity index (χ4n) is 4.96. The number of hydrogen-bond acceptors (Lipinski definition) is 4. The zero-order valence-corrected chi connectivity index (χ0v) is 16.1. The lowest BCUT2D eigenvalue weighted by atomic mass is 9.84. The van der Waals surface area contributed by atoms with E-state index in [0.29, 0.717) is 17.4 Å². The van der Waals surface area contributed by atoms with E-state index in [1.807, 2.05) is 4.90 Å². The molecule has 0 N–H and O–H groups in total. The van der Waals surface area contributed by atoms with Crippen LogP contribution in [0.2, 0.25) is 0 Å². The zero-order chi connectivity index (χ0) is 18.6. The number of piperidine rings is 1. The van der Waals surface area contributed by atoms with Crippen molar-refractivity contribution < 1.29 is 9.53 Å². The van der Waals surface area contributed by atoms with E-state index in [-0.39, 0.29) is 12.5 Å². The van der Waals surface area contributed by atoms with Gasteiger partial charge in [-0.15, -0.1) is 0 Å². The van der Waals surface area contributed by atoms with Crippen molar-refractivity contribution in [2.75, 3.05) is 19.7 Å². The van der Waals surface area contributed by atoms with Crippen LogP contribution in [0.25, 0.3) is 0 Å². The van der Waals surface area contributed by atoms with Gasteiger partial charge in [0, 0.05) is 19.0 Å². The molecule has 2 heterocycles. The van der Waals surface area contributed by atoms with E-state index >= 15 is 0 Å². The Morgan fingerprint density at radius 1 is 1.04 bits per heavy atom. The quantitative estimate of drug-likeness (QED) is 0.810. The lowest BCUT2D eigenvalue weighted by Crippen LogP contribution is -2.38. The maximum Gasteiger partial charge on any atom is 0.260 e. The number of nitrogens with zero attached hydrogens (tertiary/aromatic N) is 3. The van der Waals surface area contributed by atoms with Crippen molar-refractivity contribution in [2.45, 2.75) is 76.5 Å². The first-order chi connectivity index (χ1) is 13.3. The number of nitriles is 1. The van der Waals surface area contributed by atoms with Gasteiger partial charge in [0.05, 0.1) is 5.69 Å². The maximum absolute atomic E-state index is 12.5. The van der Waals surface area contributed by atoms with Crippen molar-refractivity contribution >= 4 is 5.91 Å². The van der Waals surface area contributed by atoms with Crippen LogP contribution in [0.4, 0.5) is 0 Å². The highest BCUT2D eigenvalue weighted by Crippen LogP contribution is 2.40. The summed E-state index contributed by atoms with van der Waals surface area (Å²) in [6.45, 7) is 1.63. The Hall–Kier alpha value is -2.09. The maximum atomic E-state index is 12.5.